The molecule has 0 spiro atoms. The van der Waals surface area contributed by atoms with Crippen LogP contribution in [0.1, 0.15) is 66.0 Å². The smallest absolute Gasteiger partial charge is 0.259 e. The fraction of sp³-hybridized carbons (Fsp3) is 0.435. The van der Waals surface area contributed by atoms with Gasteiger partial charge in [0.2, 0.25) is 0 Å². The normalized spacial score (nSPS) is 15.9. The predicted octanol–water partition coefficient (Wildman–Crippen LogP) is 4.22. The molecule has 0 radical (unpaired) electrons. The van der Waals surface area contributed by atoms with E-state index in [0.717, 1.165) is 18.8 Å². The third-order valence-corrected chi connectivity index (χ3v) is 5.69. The van der Waals surface area contributed by atoms with Gasteiger partial charge in [0, 0.05) is 12.2 Å². The van der Waals surface area contributed by atoms with Gasteiger partial charge in [-0.25, -0.2) is 4.98 Å². The Kier molecular flexibility index (Phi) is 5.62. The van der Waals surface area contributed by atoms with Crippen molar-refractivity contribution in [3.8, 4) is 0 Å². The van der Waals surface area contributed by atoms with Gasteiger partial charge < -0.3 is 9.84 Å². The lowest BCUT2D eigenvalue weighted by molar-refractivity contribution is 0.0939. The van der Waals surface area contributed by atoms with Crippen molar-refractivity contribution in [2.75, 3.05) is 19.6 Å². The van der Waals surface area contributed by atoms with E-state index in [2.05, 4.69) is 58.5 Å². The first-order valence-electron chi connectivity index (χ1n) is 10.4. The van der Waals surface area contributed by atoms with Crippen LogP contribution in [-0.2, 0) is 0 Å². The van der Waals surface area contributed by atoms with Gasteiger partial charge in [-0.2, -0.15) is 0 Å². The molecular formula is C23H28N4O2. The Morgan fingerprint density at radius 2 is 1.93 bits per heavy atom. The number of likely N-dealkylation sites (tertiary alicyclic amines) is 1. The number of aromatic nitrogens is 2. The third kappa shape index (κ3) is 4.03. The second kappa shape index (κ2) is 8.33. The standard InChI is InChI=1S/C23H28N4O2/c1-15(2)19-13-18(21-16(3)26-29-23(21)25-19)22(28)24-14-20(27-11-7-8-12-27)17-9-5-4-6-10-17/h4-6,9-10,13,15,20H,7-8,11-12,14H2,1-3H3,(H,24,28). The van der Waals surface area contributed by atoms with E-state index < -0.39 is 0 Å². The minimum absolute atomic E-state index is 0.106. The number of amides is 1. The molecule has 6 heteroatoms. The molecule has 3 aromatic rings. The zero-order valence-electron chi connectivity index (χ0n) is 17.3. The lowest BCUT2D eigenvalue weighted by atomic mass is 10.0. The molecule has 2 aromatic heterocycles. The van der Waals surface area contributed by atoms with Crippen molar-refractivity contribution in [2.24, 2.45) is 0 Å². The van der Waals surface area contributed by atoms with Gasteiger partial charge in [-0.1, -0.05) is 49.3 Å². The van der Waals surface area contributed by atoms with Crippen LogP contribution in [0.2, 0.25) is 0 Å². The third-order valence-electron chi connectivity index (χ3n) is 5.69. The summed E-state index contributed by atoms with van der Waals surface area (Å²) >= 11 is 0. The molecule has 1 aromatic carbocycles. The molecule has 1 amide bonds. The van der Waals surface area contributed by atoms with Crippen LogP contribution in [-0.4, -0.2) is 40.6 Å². The molecule has 0 aliphatic carbocycles. The van der Waals surface area contributed by atoms with Gasteiger partial charge in [0.05, 0.1) is 22.7 Å². The lowest BCUT2D eigenvalue weighted by Crippen LogP contribution is -2.37. The van der Waals surface area contributed by atoms with Crippen LogP contribution in [0, 0.1) is 6.92 Å². The van der Waals surface area contributed by atoms with Gasteiger partial charge in [-0.3, -0.25) is 9.69 Å². The zero-order valence-corrected chi connectivity index (χ0v) is 17.3. The van der Waals surface area contributed by atoms with Crippen LogP contribution in [0.15, 0.2) is 40.9 Å². The zero-order chi connectivity index (χ0) is 20.4. The van der Waals surface area contributed by atoms with E-state index in [1.165, 1.54) is 18.4 Å². The Bertz CT molecular complexity index is 991. The van der Waals surface area contributed by atoms with Gasteiger partial charge >= 0.3 is 0 Å². The van der Waals surface area contributed by atoms with Gasteiger partial charge in [0.1, 0.15) is 0 Å². The minimum atomic E-state index is -0.106. The maximum atomic E-state index is 13.2. The molecule has 1 unspecified atom stereocenters. The number of pyridine rings is 1. The van der Waals surface area contributed by atoms with Crippen LogP contribution in [0.25, 0.3) is 11.1 Å². The van der Waals surface area contributed by atoms with Gasteiger partial charge in [0.15, 0.2) is 0 Å². The van der Waals surface area contributed by atoms with Crippen molar-refractivity contribution < 1.29 is 9.32 Å². The van der Waals surface area contributed by atoms with Crippen molar-refractivity contribution in [2.45, 2.75) is 45.6 Å². The SMILES string of the molecule is Cc1noc2nc(C(C)C)cc(C(=O)NCC(c3ccccc3)N3CCCC3)c12. The lowest BCUT2D eigenvalue weighted by Gasteiger charge is -2.28. The molecule has 4 rings (SSSR count). The monoisotopic (exact) mass is 392 g/mol. The Balaban J connectivity index is 1.60. The van der Waals surface area contributed by atoms with Gasteiger partial charge in [-0.15, -0.1) is 0 Å². The number of carbonyl (C=O) groups is 1. The fourth-order valence-corrected chi connectivity index (χ4v) is 4.06. The van der Waals surface area contributed by atoms with Crippen LogP contribution in [0.3, 0.4) is 0 Å². The highest BCUT2D eigenvalue weighted by atomic mass is 16.5. The number of carbonyl (C=O) groups excluding carboxylic acids is 1. The van der Waals surface area contributed by atoms with Gasteiger partial charge in [0.25, 0.3) is 11.6 Å². The number of rotatable bonds is 6. The summed E-state index contributed by atoms with van der Waals surface area (Å²) in [5.74, 6) is 0.0868. The molecule has 0 saturated carbocycles. The predicted molar refractivity (Wildman–Crippen MR) is 113 cm³/mol. The molecular weight excluding hydrogens is 364 g/mol. The molecule has 1 aliphatic heterocycles. The maximum Gasteiger partial charge on any atom is 0.259 e. The summed E-state index contributed by atoms with van der Waals surface area (Å²) in [4.78, 5) is 20.2. The molecule has 29 heavy (non-hydrogen) atoms. The second-order valence-corrected chi connectivity index (χ2v) is 8.08. The van der Waals surface area contributed by atoms with Crippen LogP contribution in [0.4, 0.5) is 0 Å². The Labute approximate surface area is 171 Å². The highest BCUT2D eigenvalue weighted by Gasteiger charge is 2.25. The van der Waals surface area contributed by atoms with E-state index in [-0.39, 0.29) is 17.9 Å². The van der Waals surface area contributed by atoms with E-state index in [1.807, 2.05) is 19.1 Å². The summed E-state index contributed by atoms with van der Waals surface area (Å²) in [6, 6.07) is 12.5. The Morgan fingerprint density at radius 1 is 1.21 bits per heavy atom. The topological polar surface area (TPSA) is 71.3 Å². The molecule has 1 fully saturated rings. The van der Waals surface area contributed by atoms with Crippen molar-refractivity contribution in [3.05, 3.63) is 58.9 Å². The number of hydrogen-bond donors (Lipinski definition) is 1. The quantitative estimate of drug-likeness (QED) is 0.680. The molecule has 1 aliphatic rings. The molecule has 6 nitrogen and oxygen atoms in total. The molecule has 1 saturated heterocycles. The Morgan fingerprint density at radius 3 is 2.62 bits per heavy atom. The molecule has 152 valence electrons. The first-order chi connectivity index (χ1) is 14.0. The number of nitrogens with one attached hydrogen (secondary N) is 1. The summed E-state index contributed by atoms with van der Waals surface area (Å²) in [6.45, 7) is 8.65. The van der Waals surface area contributed by atoms with E-state index in [1.54, 1.807) is 0 Å². The average Bonchev–Trinajstić information content (AvgIpc) is 3.38. The van der Waals surface area contributed by atoms with Crippen molar-refractivity contribution in [1.29, 1.82) is 0 Å². The number of aryl methyl sites for hydroxylation is 1. The minimum Gasteiger partial charge on any atom is -0.350 e. The van der Waals surface area contributed by atoms with Crippen LogP contribution < -0.4 is 5.32 Å². The van der Waals surface area contributed by atoms with E-state index in [4.69, 9.17) is 4.52 Å². The summed E-state index contributed by atoms with van der Waals surface area (Å²) in [5.41, 5.74) is 3.77. The van der Waals surface area contributed by atoms with E-state index in [0.29, 0.717) is 28.9 Å². The number of nitrogens with zero attached hydrogens (tertiary/aromatic N) is 3. The fourth-order valence-electron chi connectivity index (χ4n) is 4.06. The number of hydrogen-bond acceptors (Lipinski definition) is 5. The van der Waals surface area contributed by atoms with Crippen LogP contribution >= 0.6 is 0 Å². The van der Waals surface area contributed by atoms with Gasteiger partial charge in [-0.05, 0) is 50.4 Å². The largest absolute Gasteiger partial charge is 0.350 e. The highest BCUT2D eigenvalue weighted by Crippen LogP contribution is 2.27. The summed E-state index contributed by atoms with van der Waals surface area (Å²) in [6.07, 6.45) is 2.42. The summed E-state index contributed by atoms with van der Waals surface area (Å²) < 4.78 is 5.36. The maximum absolute atomic E-state index is 13.2. The Hall–Kier alpha value is -2.73. The summed E-state index contributed by atoms with van der Waals surface area (Å²) in [5, 5.41) is 7.89. The highest BCUT2D eigenvalue weighted by molar-refractivity contribution is 6.06. The van der Waals surface area contributed by atoms with Crippen molar-refractivity contribution in [3.63, 3.8) is 0 Å². The van der Waals surface area contributed by atoms with Crippen LogP contribution in [0.5, 0.6) is 0 Å². The number of fused-ring (bicyclic) bond motifs is 1. The molecule has 3 heterocycles. The van der Waals surface area contributed by atoms with Crippen molar-refractivity contribution in [1.82, 2.24) is 20.4 Å². The first-order valence-corrected chi connectivity index (χ1v) is 10.4. The van der Waals surface area contributed by atoms with E-state index >= 15 is 0 Å². The average molecular weight is 393 g/mol. The molecule has 1 N–H and O–H groups in total. The molecule has 0 bridgehead atoms. The first kappa shape index (κ1) is 19.6. The molecule has 1 atom stereocenters. The van der Waals surface area contributed by atoms with E-state index in [9.17, 15) is 4.79 Å². The second-order valence-electron chi connectivity index (χ2n) is 8.08. The summed E-state index contributed by atoms with van der Waals surface area (Å²) in [7, 11) is 0. The number of benzene rings is 1. The van der Waals surface area contributed by atoms with Crippen molar-refractivity contribution >= 4 is 17.0 Å².